The van der Waals surface area contributed by atoms with Crippen LogP contribution in [-0.2, 0) is 15.8 Å². The number of carbonyl (C=O) groups excluding carboxylic acids is 2. The Morgan fingerprint density at radius 2 is 1.81 bits per heavy atom. The van der Waals surface area contributed by atoms with Crippen LogP contribution in [0.2, 0.25) is 0 Å². The first kappa shape index (κ1) is 26.5. The molecule has 1 amide bonds. The molecule has 7 heteroatoms. The highest BCUT2D eigenvalue weighted by atomic mass is 19.4. The third kappa shape index (κ3) is 4.55. The predicted molar refractivity (Wildman–Crippen MR) is 135 cm³/mol. The number of ketones is 1. The largest absolute Gasteiger partial charge is 0.416 e. The van der Waals surface area contributed by atoms with Crippen LogP contribution in [0.25, 0.3) is 0 Å². The molecule has 4 aliphatic rings. The summed E-state index contributed by atoms with van der Waals surface area (Å²) >= 11 is 0. The van der Waals surface area contributed by atoms with Gasteiger partial charge in [-0.15, -0.1) is 0 Å². The van der Waals surface area contributed by atoms with Gasteiger partial charge in [0, 0.05) is 24.6 Å². The lowest BCUT2D eigenvalue weighted by Gasteiger charge is -2.60. The fourth-order valence-electron chi connectivity index (χ4n) is 8.80. The number of hydrogen-bond donors (Lipinski definition) is 2. The van der Waals surface area contributed by atoms with E-state index < -0.39 is 11.7 Å². The molecule has 2 N–H and O–H groups in total. The summed E-state index contributed by atoms with van der Waals surface area (Å²) in [6, 6.07) is 4.68. The lowest BCUT2D eigenvalue weighted by molar-refractivity contribution is -0.137. The molecule has 0 radical (unpaired) electrons. The van der Waals surface area contributed by atoms with Gasteiger partial charge in [-0.05, 0) is 116 Å². The molecule has 0 aliphatic heterocycles. The molecule has 0 heterocycles. The summed E-state index contributed by atoms with van der Waals surface area (Å²) in [6.45, 7) is 4.75. The Morgan fingerprint density at radius 1 is 1.08 bits per heavy atom. The maximum atomic E-state index is 13.4. The van der Waals surface area contributed by atoms with E-state index in [0.29, 0.717) is 35.8 Å². The molecule has 5 rings (SSSR count). The van der Waals surface area contributed by atoms with Crippen LogP contribution in [0.5, 0.6) is 0 Å². The molecule has 202 valence electrons. The van der Waals surface area contributed by atoms with E-state index in [-0.39, 0.29) is 35.0 Å². The van der Waals surface area contributed by atoms with E-state index in [2.05, 4.69) is 19.2 Å². The Balaban J connectivity index is 1.36. The summed E-state index contributed by atoms with van der Waals surface area (Å²) in [5, 5.41) is 12.4. The molecule has 37 heavy (non-hydrogen) atoms. The van der Waals surface area contributed by atoms with Crippen molar-refractivity contribution in [3.8, 4) is 0 Å². The molecule has 1 aromatic carbocycles. The van der Waals surface area contributed by atoms with E-state index in [1.54, 1.807) is 0 Å². The van der Waals surface area contributed by atoms with Crippen LogP contribution in [0.3, 0.4) is 0 Å². The van der Waals surface area contributed by atoms with Crippen LogP contribution in [0.4, 0.5) is 18.9 Å². The molecule has 7 atom stereocenters. The van der Waals surface area contributed by atoms with Gasteiger partial charge in [0.05, 0.1) is 5.56 Å². The topological polar surface area (TPSA) is 66.4 Å². The van der Waals surface area contributed by atoms with E-state index in [1.807, 2.05) is 6.08 Å². The molecule has 0 saturated heterocycles. The Morgan fingerprint density at radius 3 is 2.49 bits per heavy atom. The minimum atomic E-state index is -4.40. The van der Waals surface area contributed by atoms with Crippen LogP contribution in [0.1, 0.15) is 77.2 Å². The van der Waals surface area contributed by atoms with Crippen LogP contribution in [0.15, 0.2) is 35.9 Å². The van der Waals surface area contributed by atoms with E-state index >= 15 is 0 Å². The van der Waals surface area contributed by atoms with Crippen LogP contribution in [0, 0.1) is 40.4 Å². The van der Waals surface area contributed by atoms with Gasteiger partial charge in [0.15, 0.2) is 5.78 Å². The molecule has 3 saturated carbocycles. The minimum absolute atomic E-state index is 0.00114. The number of hydrogen-bond acceptors (Lipinski definition) is 3. The van der Waals surface area contributed by atoms with Crippen molar-refractivity contribution in [2.45, 2.75) is 77.8 Å². The first-order valence-corrected chi connectivity index (χ1v) is 13.8. The summed E-state index contributed by atoms with van der Waals surface area (Å²) < 4.78 is 38.8. The number of benzene rings is 1. The standard InChI is InChI=1S/C30H38F3NO3/c1-28-14-12-24-22(16-18(4-3-15-35)26-17-21(36)11-13-29(24,26)2)23(28)9-10-25(28)27(37)34-20-7-5-19(6-8-20)30(31,32)33/h5-8,17-18,22-25,35H,3-4,9-16H2,1-2H3,(H,34,37)/t18?,22?,23?,24?,25-,28+,29-/m1/s1. The van der Waals surface area contributed by atoms with Gasteiger partial charge in [-0.2, -0.15) is 13.2 Å². The van der Waals surface area contributed by atoms with Crippen molar-refractivity contribution in [1.29, 1.82) is 0 Å². The average Bonchev–Trinajstić information content (AvgIpc) is 3.20. The second kappa shape index (κ2) is 9.55. The van der Waals surface area contributed by atoms with Crippen molar-refractivity contribution in [1.82, 2.24) is 0 Å². The monoisotopic (exact) mass is 517 g/mol. The predicted octanol–water partition coefficient (Wildman–Crippen LogP) is 6.79. The highest BCUT2D eigenvalue weighted by Gasteiger charge is 2.61. The third-order valence-corrected chi connectivity index (χ3v) is 10.6. The SMILES string of the molecule is C[C@]12CCC(=O)C=C1C(CCCO)CC1C2CC[C@@]2(C)C1CC[C@@H]2C(=O)Nc1ccc(C(F)(F)F)cc1. The summed E-state index contributed by atoms with van der Waals surface area (Å²) in [5.74, 6) is 1.63. The molecule has 1 aromatic rings. The van der Waals surface area contributed by atoms with Crippen LogP contribution in [-0.4, -0.2) is 23.4 Å². The highest BCUT2D eigenvalue weighted by molar-refractivity contribution is 5.93. The summed E-state index contributed by atoms with van der Waals surface area (Å²) in [4.78, 5) is 25.8. The third-order valence-electron chi connectivity index (χ3n) is 10.6. The number of rotatable bonds is 5. The maximum absolute atomic E-state index is 13.4. The van der Waals surface area contributed by atoms with Crippen molar-refractivity contribution >= 4 is 17.4 Å². The van der Waals surface area contributed by atoms with E-state index in [0.717, 1.165) is 63.5 Å². The molecule has 4 nitrogen and oxygen atoms in total. The number of anilines is 1. The average molecular weight is 518 g/mol. The number of alkyl halides is 3. The number of allylic oxidation sites excluding steroid dienone is 1. The number of carbonyl (C=O) groups is 2. The molecule has 0 bridgehead atoms. The molecular weight excluding hydrogens is 479 g/mol. The van der Waals surface area contributed by atoms with Crippen LogP contribution < -0.4 is 5.32 Å². The van der Waals surface area contributed by atoms with Gasteiger partial charge in [-0.25, -0.2) is 0 Å². The van der Waals surface area contributed by atoms with Crippen molar-refractivity contribution in [2.24, 2.45) is 40.4 Å². The number of aliphatic hydroxyl groups excluding tert-OH is 1. The molecular formula is C30H38F3NO3. The van der Waals surface area contributed by atoms with E-state index in [9.17, 15) is 27.9 Å². The van der Waals surface area contributed by atoms with Gasteiger partial charge >= 0.3 is 6.18 Å². The summed E-state index contributed by atoms with van der Waals surface area (Å²) in [5.41, 5.74) is 0.821. The Kier molecular flexibility index (Phi) is 6.83. The highest BCUT2D eigenvalue weighted by Crippen LogP contribution is 2.68. The second-order valence-corrected chi connectivity index (χ2v) is 12.4. The van der Waals surface area contributed by atoms with Crippen LogP contribution >= 0.6 is 0 Å². The quantitative estimate of drug-likeness (QED) is 0.452. The Hall–Kier alpha value is -2.15. The van der Waals surface area contributed by atoms with Gasteiger partial charge in [0.25, 0.3) is 0 Å². The zero-order chi connectivity index (χ0) is 26.6. The molecule has 3 fully saturated rings. The smallest absolute Gasteiger partial charge is 0.396 e. The summed E-state index contributed by atoms with van der Waals surface area (Å²) in [6.07, 6.45) is 5.35. The molecule has 4 unspecified atom stereocenters. The number of nitrogens with one attached hydrogen (secondary N) is 1. The van der Waals surface area contributed by atoms with Gasteiger partial charge in [0.2, 0.25) is 5.91 Å². The zero-order valence-electron chi connectivity index (χ0n) is 21.7. The van der Waals surface area contributed by atoms with Gasteiger partial charge in [-0.1, -0.05) is 19.4 Å². The first-order valence-electron chi connectivity index (χ1n) is 13.8. The number of fused-ring (bicyclic) bond motifs is 5. The number of amides is 1. The van der Waals surface area contributed by atoms with Gasteiger partial charge in [-0.3, -0.25) is 9.59 Å². The lowest BCUT2D eigenvalue weighted by atomic mass is 9.45. The zero-order valence-corrected chi connectivity index (χ0v) is 21.7. The molecule has 0 spiro atoms. The van der Waals surface area contributed by atoms with Crippen molar-refractivity contribution < 1.29 is 27.9 Å². The normalized spacial score (nSPS) is 37.3. The Labute approximate surface area is 217 Å². The second-order valence-electron chi connectivity index (χ2n) is 12.4. The minimum Gasteiger partial charge on any atom is -0.396 e. The van der Waals surface area contributed by atoms with Crippen molar-refractivity contribution in [3.05, 3.63) is 41.5 Å². The Bertz CT molecular complexity index is 1080. The van der Waals surface area contributed by atoms with Crippen molar-refractivity contribution in [3.63, 3.8) is 0 Å². The molecule has 0 aromatic heterocycles. The first-order chi connectivity index (χ1) is 17.5. The van der Waals surface area contributed by atoms with Crippen molar-refractivity contribution in [2.75, 3.05) is 11.9 Å². The summed E-state index contributed by atoms with van der Waals surface area (Å²) in [7, 11) is 0. The fraction of sp³-hybridized carbons (Fsp3) is 0.667. The number of aliphatic hydroxyl groups is 1. The van der Waals surface area contributed by atoms with E-state index in [1.165, 1.54) is 17.7 Å². The fourth-order valence-corrected chi connectivity index (χ4v) is 8.80. The van der Waals surface area contributed by atoms with Gasteiger partial charge in [0.1, 0.15) is 0 Å². The lowest BCUT2D eigenvalue weighted by Crippen LogP contribution is -2.53. The number of halogens is 3. The van der Waals surface area contributed by atoms with E-state index in [4.69, 9.17) is 0 Å². The van der Waals surface area contributed by atoms with Gasteiger partial charge < -0.3 is 10.4 Å². The molecule has 4 aliphatic carbocycles. The maximum Gasteiger partial charge on any atom is 0.416 e.